The normalized spacial score (nSPS) is 11.9. The maximum Gasteiger partial charge on any atom is 0.434 e. The van der Waals surface area contributed by atoms with Crippen LogP contribution in [0.3, 0.4) is 0 Å². The third kappa shape index (κ3) is 2.91. The van der Waals surface area contributed by atoms with Gasteiger partial charge >= 0.3 is 6.18 Å². The van der Waals surface area contributed by atoms with E-state index in [0.717, 1.165) is 0 Å². The number of pyridine rings is 1. The van der Waals surface area contributed by atoms with Crippen LogP contribution < -0.4 is 0 Å². The molecule has 1 aromatic heterocycles. The number of aldehydes is 1. The van der Waals surface area contributed by atoms with Gasteiger partial charge in [-0.05, 0) is 6.07 Å². The molecule has 0 amide bonds. The molecule has 0 aliphatic heterocycles. The molecule has 0 aromatic carbocycles. The molecule has 0 spiro atoms. The highest BCUT2D eigenvalue weighted by Crippen LogP contribution is 2.33. The minimum absolute atomic E-state index is 0.167. The molecular weight excluding hydrogens is 269 g/mol. The number of rotatable bonds is 3. The summed E-state index contributed by atoms with van der Waals surface area (Å²) in [4.78, 5) is 13.4. The zero-order valence-electron chi connectivity index (χ0n) is 8.06. The van der Waals surface area contributed by atoms with E-state index in [9.17, 15) is 26.7 Å². The number of carbonyl (C=O) groups excluding carboxylic acids is 1. The SMILES string of the molecule is O=Cc1cc(C(F)F)c(CCl)nc1C(F)(F)F. The second-order valence-electron chi connectivity index (χ2n) is 3.01. The number of aromatic nitrogens is 1. The fraction of sp³-hybridized carbons (Fsp3) is 0.333. The number of hydrogen-bond donors (Lipinski definition) is 0. The van der Waals surface area contributed by atoms with E-state index < -0.39 is 41.0 Å². The molecule has 2 nitrogen and oxygen atoms in total. The van der Waals surface area contributed by atoms with Crippen molar-refractivity contribution < 1.29 is 26.7 Å². The van der Waals surface area contributed by atoms with E-state index in [1.165, 1.54) is 0 Å². The molecular formula is C9H5ClF5NO. The Bertz CT molecular complexity index is 432. The molecule has 0 aliphatic rings. The second kappa shape index (κ2) is 4.95. The zero-order chi connectivity index (χ0) is 13.2. The van der Waals surface area contributed by atoms with Crippen molar-refractivity contribution in [2.24, 2.45) is 0 Å². The molecule has 0 fully saturated rings. The number of halogens is 6. The molecule has 0 radical (unpaired) electrons. The molecule has 0 N–H and O–H groups in total. The third-order valence-corrected chi connectivity index (χ3v) is 2.17. The van der Waals surface area contributed by atoms with E-state index in [2.05, 4.69) is 4.98 Å². The van der Waals surface area contributed by atoms with Crippen LogP contribution in [0.1, 0.15) is 33.7 Å². The van der Waals surface area contributed by atoms with Gasteiger partial charge < -0.3 is 0 Å². The van der Waals surface area contributed by atoms with Crippen molar-refractivity contribution in [3.05, 3.63) is 28.6 Å². The summed E-state index contributed by atoms with van der Waals surface area (Å²) in [5.74, 6) is -0.595. The Kier molecular flexibility index (Phi) is 4.03. The van der Waals surface area contributed by atoms with Gasteiger partial charge in [0.25, 0.3) is 6.43 Å². The van der Waals surface area contributed by atoms with Gasteiger partial charge in [0.05, 0.1) is 11.6 Å². The first kappa shape index (κ1) is 13.8. The molecule has 1 rings (SSSR count). The molecule has 1 aromatic rings. The fourth-order valence-corrected chi connectivity index (χ4v) is 1.41. The lowest BCUT2D eigenvalue weighted by atomic mass is 10.1. The molecule has 0 saturated heterocycles. The van der Waals surface area contributed by atoms with Crippen LogP contribution >= 0.6 is 11.6 Å². The van der Waals surface area contributed by atoms with E-state index in [-0.39, 0.29) is 6.29 Å². The van der Waals surface area contributed by atoms with Gasteiger partial charge in [-0.1, -0.05) is 0 Å². The molecule has 0 aliphatic carbocycles. The molecule has 0 atom stereocenters. The lowest BCUT2D eigenvalue weighted by Gasteiger charge is -2.12. The van der Waals surface area contributed by atoms with Crippen LogP contribution in [0.4, 0.5) is 22.0 Å². The van der Waals surface area contributed by atoms with Crippen molar-refractivity contribution in [1.29, 1.82) is 0 Å². The monoisotopic (exact) mass is 273 g/mol. The topological polar surface area (TPSA) is 30.0 Å². The Hall–Kier alpha value is -1.24. The summed E-state index contributed by atoms with van der Waals surface area (Å²) in [5.41, 5.74) is -3.79. The molecule has 1 heterocycles. The highest BCUT2D eigenvalue weighted by Gasteiger charge is 2.36. The first-order valence-corrected chi connectivity index (χ1v) is 4.75. The standard InChI is InChI=1S/C9H5ClF5NO/c10-2-6-5(8(11)12)1-4(3-17)7(16-6)9(13,14)15/h1,3,8H,2H2. The van der Waals surface area contributed by atoms with Crippen molar-refractivity contribution in [2.75, 3.05) is 0 Å². The summed E-state index contributed by atoms with van der Waals surface area (Å²) in [7, 11) is 0. The smallest absolute Gasteiger partial charge is 0.298 e. The van der Waals surface area contributed by atoms with Gasteiger partial charge in [-0.3, -0.25) is 4.79 Å². The van der Waals surface area contributed by atoms with Crippen LogP contribution in [0.5, 0.6) is 0 Å². The second-order valence-corrected chi connectivity index (χ2v) is 3.28. The Morgan fingerprint density at radius 1 is 1.41 bits per heavy atom. The predicted molar refractivity (Wildman–Crippen MR) is 49.1 cm³/mol. The summed E-state index contributed by atoms with van der Waals surface area (Å²) in [5, 5.41) is 0. The first-order chi connectivity index (χ1) is 7.81. The van der Waals surface area contributed by atoms with E-state index in [1.54, 1.807) is 0 Å². The highest BCUT2D eigenvalue weighted by molar-refractivity contribution is 6.17. The summed E-state index contributed by atoms with van der Waals surface area (Å²) in [6, 6.07) is 0.463. The van der Waals surface area contributed by atoms with Crippen LogP contribution in [0.2, 0.25) is 0 Å². The molecule has 0 saturated carbocycles. The number of hydrogen-bond acceptors (Lipinski definition) is 2. The van der Waals surface area contributed by atoms with Gasteiger partial charge in [0.2, 0.25) is 0 Å². The van der Waals surface area contributed by atoms with Crippen LogP contribution in [-0.4, -0.2) is 11.3 Å². The van der Waals surface area contributed by atoms with Gasteiger partial charge in [0.1, 0.15) is 0 Å². The van der Waals surface area contributed by atoms with Crippen molar-refractivity contribution in [1.82, 2.24) is 4.98 Å². The Morgan fingerprint density at radius 3 is 2.35 bits per heavy atom. The minimum Gasteiger partial charge on any atom is -0.298 e. The van der Waals surface area contributed by atoms with E-state index in [0.29, 0.717) is 6.07 Å². The Morgan fingerprint density at radius 2 is 2.00 bits per heavy atom. The lowest BCUT2D eigenvalue weighted by molar-refractivity contribution is -0.141. The van der Waals surface area contributed by atoms with Gasteiger partial charge in [0, 0.05) is 11.1 Å². The maximum atomic E-state index is 12.5. The third-order valence-electron chi connectivity index (χ3n) is 1.92. The van der Waals surface area contributed by atoms with Crippen molar-refractivity contribution in [2.45, 2.75) is 18.5 Å². The first-order valence-electron chi connectivity index (χ1n) is 4.21. The largest absolute Gasteiger partial charge is 0.434 e. The quantitative estimate of drug-likeness (QED) is 0.478. The van der Waals surface area contributed by atoms with E-state index in [4.69, 9.17) is 11.6 Å². The number of nitrogens with zero attached hydrogens (tertiary/aromatic N) is 1. The summed E-state index contributed by atoms with van der Waals surface area (Å²) >= 11 is 5.24. The molecule has 0 unspecified atom stereocenters. The van der Waals surface area contributed by atoms with E-state index >= 15 is 0 Å². The molecule has 94 valence electrons. The lowest BCUT2D eigenvalue weighted by Crippen LogP contribution is -2.15. The van der Waals surface area contributed by atoms with E-state index in [1.807, 2.05) is 0 Å². The molecule has 17 heavy (non-hydrogen) atoms. The Labute approximate surface area is 97.4 Å². The number of alkyl halides is 6. The molecule has 8 heteroatoms. The van der Waals surface area contributed by atoms with Gasteiger partial charge in [-0.15, -0.1) is 11.6 Å². The average molecular weight is 274 g/mol. The van der Waals surface area contributed by atoms with Gasteiger partial charge in [-0.25, -0.2) is 13.8 Å². The Balaban J connectivity index is 3.49. The fourth-order valence-electron chi connectivity index (χ4n) is 1.20. The van der Waals surface area contributed by atoms with Crippen molar-refractivity contribution in [3.63, 3.8) is 0 Å². The van der Waals surface area contributed by atoms with Crippen LogP contribution in [0.25, 0.3) is 0 Å². The summed E-state index contributed by atoms with van der Waals surface area (Å²) in [6.45, 7) is 0. The highest BCUT2D eigenvalue weighted by atomic mass is 35.5. The zero-order valence-corrected chi connectivity index (χ0v) is 8.82. The van der Waals surface area contributed by atoms with Crippen molar-refractivity contribution >= 4 is 17.9 Å². The minimum atomic E-state index is -4.89. The molecule has 0 bridgehead atoms. The van der Waals surface area contributed by atoms with Crippen LogP contribution in [0, 0.1) is 0 Å². The predicted octanol–water partition coefficient (Wildman–Crippen LogP) is 3.59. The summed E-state index contributed by atoms with van der Waals surface area (Å²) in [6.07, 6.45) is -8.10. The number of carbonyl (C=O) groups is 1. The van der Waals surface area contributed by atoms with Crippen LogP contribution in [0.15, 0.2) is 6.07 Å². The maximum absolute atomic E-state index is 12.5. The average Bonchev–Trinajstić information content (AvgIpc) is 2.25. The summed E-state index contributed by atoms with van der Waals surface area (Å²) < 4.78 is 62.2. The van der Waals surface area contributed by atoms with Crippen molar-refractivity contribution in [3.8, 4) is 0 Å². The van der Waals surface area contributed by atoms with Crippen LogP contribution in [-0.2, 0) is 12.1 Å². The van der Waals surface area contributed by atoms with Gasteiger partial charge in [0.15, 0.2) is 12.0 Å². The van der Waals surface area contributed by atoms with Gasteiger partial charge in [-0.2, -0.15) is 13.2 Å².